The van der Waals surface area contributed by atoms with Gasteiger partial charge in [-0.25, -0.2) is 0 Å². The molecule has 0 aliphatic heterocycles. The molecule has 0 aliphatic rings. The Morgan fingerprint density at radius 1 is 1.33 bits per heavy atom. The van der Waals surface area contributed by atoms with Crippen LogP contribution in [0.2, 0.25) is 0 Å². The van der Waals surface area contributed by atoms with E-state index in [0.29, 0.717) is 25.3 Å². The van der Waals surface area contributed by atoms with E-state index >= 15 is 0 Å². The van der Waals surface area contributed by atoms with E-state index in [1.54, 1.807) is 31.4 Å². The van der Waals surface area contributed by atoms with Gasteiger partial charge in [0.25, 0.3) is 5.91 Å². The van der Waals surface area contributed by atoms with Gasteiger partial charge in [0.15, 0.2) is 0 Å². The zero-order chi connectivity index (χ0) is 13.4. The molecule has 4 nitrogen and oxygen atoms in total. The van der Waals surface area contributed by atoms with Crippen molar-refractivity contribution in [3.05, 3.63) is 42.0 Å². The van der Waals surface area contributed by atoms with Crippen LogP contribution in [0.5, 0.6) is 5.75 Å². The zero-order valence-corrected chi connectivity index (χ0v) is 10.9. The third-order valence-electron chi connectivity index (χ3n) is 2.23. The van der Waals surface area contributed by atoms with Crippen LogP contribution in [0.1, 0.15) is 17.3 Å². The van der Waals surface area contributed by atoms with E-state index in [2.05, 4.69) is 11.9 Å². The summed E-state index contributed by atoms with van der Waals surface area (Å²) in [6.45, 7) is 7.12. The summed E-state index contributed by atoms with van der Waals surface area (Å²) in [5, 5.41) is 2.78. The summed E-state index contributed by atoms with van der Waals surface area (Å²) in [5.74, 6) is 0.618. The summed E-state index contributed by atoms with van der Waals surface area (Å²) in [4.78, 5) is 11.7. The molecule has 0 aliphatic carbocycles. The van der Waals surface area contributed by atoms with E-state index in [1.165, 1.54) is 0 Å². The Kier molecular flexibility index (Phi) is 5.94. The summed E-state index contributed by atoms with van der Waals surface area (Å²) in [7, 11) is 1.59. The highest BCUT2D eigenvalue weighted by atomic mass is 16.5. The average Bonchev–Trinajstić information content (AvgIpc) is 2.38. The number of hydrogen-bond acceptors (Lipinski definition) is 3. The quantitative estimate of drug-likeness (QED) is 0.594. The lowest BCUT2D eigenvalue weighted by Gasteiger charge is -2.07. The second-order valence-corrected chi connectivity index (χ2v) is 3.99. The summed E-state index contributed by atoms with van der Waals surface area (Å²) in [5.41, 5.74) is 1.58. The maximum absolute atomic E-state index is 11.7. The van der Waals surface area contributed by atoms with Crippen LogP contribution in [-0.4, -0.2) is 32.8 Å². The van der Waals surface area contributed by atoms with Gasteiger partial charge in [0, 0.05) is 12.1 Å². The first-order valence-electron chi connectivity index (χ1n) is 5.78. The van der Waals surface area contributed by atoms with Gasteiger partial charge in [0.1, 0.15) is 5.75 Å². The number of methoxy groups -OCH3 is 1. The molecule has 98 valence electrons. The molecule has 0 saturated heterocycles. The van der Waals surface area contributed by atoms with Crippen molar-refractivity contribution in [2.24, 2.45) is 0 Å². The van der Waals surface area contributed by atoms with E-state index in [-0.39, 0.29) is 5.91 Å². The molecule has 0 fully saturated rings. The molecule has 0 unspecified atom stereocenters. The topological polar surface area (TPSA) is 47.6 Å². The van der Waals surface area contributed by atoms with E-state index in [9.17, 15) is 4.79 Å². The van der Waals surface area contributed by atoms with Crippen LogP contribution < -0.4 is 10.1 Å². The van der Waals surface area contributed by atoms with Crippen LogP contribution in [0.4, 0.5) is 0 Å². The molecule has 1 amide bonds. The highest BCUT2D eigenvalue weighted by Crippen LogP contribution is 2.10. The number of rotatable bonds is 7. The first-order valence-corrected chi connectivity index (χ1v) is 5.78. The van der Waals surface area contributed by atoms with Crippen molar-refractivity contribution in [1.29, 1.82) is 0 Å². The lowest BCUT2D eigenvalue weighted by Crippen LogP contribution is -2.27. The van der Waals surface area contributed by atoms with Crippen molar-refractivity contribution in [3.63, 3.8) is 0 Å². The molecule has 0 spiro atoms. The standard InChI is InChI=1S/C14H19NO3/c1-11(2)10-18-9-8-15-14(16)12-4-6-13(17-3)7-5-12/h4-7H,1,8-10H2,2-3H3,(H,15,16). The molecule has 1 aromatic rings. The predicted octanol–water partition coefficient (Wildman–Crippen LogP) is 2.02. The molecular formula is C14H19NO3. The van der Waals surface area contributed by atoms with Gasteiger partial charge in [-0.15, -0.1) is 0 Å². The molecule has 0 aromatic heterocycles. The predicted molar refractivity (Wildman–Crippen MR) is 71.0 cm³/mol. The average molecular weight is 249 g/mol. The molecule has 1 N–H and O–H groups in total. The fourth-order valence-corrected chi connectivity index (χ4v) is 1.33. The first-order chi connectivity index (χ1) is 8.63. The summed E-state index contributed by atoms with van der Waals surface area (Å²) in [6, 6.07) is 6.96. The molecule has 0 saturated carbocycles. The molecule has 0 heterocycles. The summed E-state index contributed by atoms with van der Waals surface area (Å²) < 4.78 is 10.3. The third kappa shape index (κ3) is 5.01. The molecule has 0 bridgehead atoms. The van der Waals surface area contributed by atoms with Crippen LogP contribution in [0.3, 0.4) is 0 Å². The Morgan fingerprint density at radius 2 is 2.00 bits per heavy atom. The maximum Gasteiger partial charge on any atom is 0.251 e. The van der Waals surface area contributed by atoms with Gasteiger partial charge in [0.05, 0.1) is 20.3 Å². The lowest BCUT2D eigenvalue weighted by atomic mass is 10.2. The fourth-order valence-electron chi connectivity index (χ4n) is 1.33. The van der Waals surface area contributed by atoms with Gasteiger partial charge >= 0.3 is 0 Å². The van der Waals surface area contributed by atoms with Gasteiger partial charge in [-0.2, -0.15) is 0 Å². The zero-order valence-electron chi connectivity index (χ0n) is 10.9. The summed E-state index contributed by atoms with van der Waals surface area (Å²) in [6.07, 6.45) is 0. The largest absolute Gasteiger partial charge is 0.497 e. The van der Waals surface area contributed by atoms with Gasteiger partial charge in [-0.3, -0.25) is 4.79 Å². The maximum atomic E-state index is 11.7. The highest BCUT2D eigenvalue weighted by Gasteiger charge is 2.04. The molecule has 4 heteroatoms. The first kappa shape index (κ1) is 14.3. The smallest absolute Gasteiger partial charge is 0.251 e. The Morgan fingerprint density at radius 3 is 2.56 bits per heavy atom. The number of nitrogens with one attached hydrogen (secondary N) is 1. The van der Waals surface area contributed by atoms with Crippen molar-refractivity contribution >= 4 is 5.91 Å². The minimum Gasteiger partial charge on any atom is -0.497 e. The molecule has 1 rings (SSSR count). The van der Waals surface area contributed by atoms with Crippen LogP contribution in [0.25, 0.3) is 0 Å². The Hall–Kier alpha value is -1.81. The van der Waals surface area contributed by atoms with Crippen LogP contribution in [0, 0.1) is 0 Å². The number of benzene rings is 1. The number of ether oxygens (including phenoxy) is 2. The van der Waals surface area contributed by atoms with Crippen molar-refractivity contribution in [3.8, 4) is 5.75 Å². The molecule has 0 radical (unpaired) electrons. The monoisotopic (exact) mass is 249 g/mol. The van der Waals surface area contributed by atoms with Crippen LogP contribution in [-0.2, 0) is 4.74 Å². The van der Waals surface area contributed by atoms with Crippen molar-refractivity contribution < 1.29 is 14.3 Å². The van der Waals surface area contributed by atoms with E-state index in [0.717, 1.165) is 11.3 Å². The number of carbonyl (C=O) groups is 1. The van der Waals surface area contributed by atoms with Gasteiger partial charge in [0.2, 0.25) is 0 Å². The Bertz CT molecular complexity index is 398. The normalized spacial score (nSPS) is 9.89. The molecule has 18 heavy (non-hydrogen) atoms. The number of carbonyl (C=O) groups excluding carboxylic acids is 1. The highest BCUT2D eigenvalue weighted by molar-refractivity contribution is 5.94. The van der Waals surface area contributed by atoms with Gasteiger partial charge in [-0.1, -0.05) is 12.2 Å². The van der Waals surface area contributed by atoms with E-state index < -0.39 is 0 Å². The van der Waals surface area contributed by atoms with Crippen molar-refractivity contribution in [2.75, 3.05) is 26.9 Å². The number of amides is 1. The van der Waals surface area contributed by atoms with Gasteiger partial charge < -0.3 is 14.8 Å². The Labute approximate surface area is 108 Å². The molecular weight excluding hydrogens is 230 g/mol. The SMILES string of the molecule is C=C(C)COCCNC(=O)c1ccc(OC)cc1. The Balaban J connectivity index is 2.29. The molecule has 0 atom stereocenters. The third-order valence-corrected chi connectivity index (χ3v) is 2.23. The molecule has 1 aromatic carbocycles. The van der Waals surface area contributed by atoms with Crippen LogP contribution >= 0.6 is 0 Å². The lowest BCUT2D eigenvalue weighted by molar-refractivity contribution is 0.0927. The fraction of sp³-hybridized carbons (Fsp3) is 0.357. The second kappa shape index (κ2) is 7.50. The van der Waals surface area contributed by atoms with Crippen molar-refractivity contribution in [1.82, 2.24) is 5.32 Å². The minimum absolute atomic E-state index is 0.114. The van der Waals surface area contributed by atoms with Crippen LogP contribution in [0.15, 0.2) is 36.4 Å². The van der Waals surface area contributed by atoms with Gasteiger partial charge in [-0.05, 0) is 31.2 Å². The summed E-state index contributed by atoms with van der Waals surface area (Å²) >= 11 is 0. The van der Waals surface area contributed by atoms with Crippen molar-refractivity contribution in [2.45, 2.75) is 6.92 Å². The number of hydrogen-bond donors (Lipinski definition) is 1. The van der Waals surface area contributed by atoms with E-state index in [4.69, 9.17) is 9.47 Å². The second-order valence-electron chi connectivity index (χ2n) is 3.99. The van der Waals surface area contributed by atoms with E-state index in [1.807, 2.05) is 6.92 Å². The minimum atomic E-state index is -0.114.